The Morgan fingerprint density at radius 2 is 1.88 bits per heavy atom. The lowest BCUT2D eigenvalue weighted by Gasteiger charge is -2.09. The molecular weight excluding hydrogens is 381 g/mol. The number of hydrogen-bond acceptors (Lipinski definition) is 5. The van der Waals surface area contributed by atoms with Crippen LogP contribution in [-0.4, -0.2) is 37.2 Å². The average Bonchev–Trinajstić information content (AvgIpc) is 2.93. The summed E-state index contributed by atoms with van der Waals surface area (Å²) < 4.78 is 62.0. The molecule has 0 amide bonds. The highest BCUT2D eigenvalue weighted by atomic mass is 32.2. The Morgan fingerprint density at radius 3 is 2.44 bits per heavy atom. The van der Waals surface area contributed by atoms with Crippen LogP contribution in [0, 0.1) is 0 Å². The number of nitrogens with one attached hydrogen (secondary N) is 1. The summed E-state index contributed by atoms with van der Waals surface area (Å²) in [6.45, 7) is -0.738. The van der Waals surface area contributed by atoms with E-state index in [0.29, 0.717) is 16.3 Å². The van der Waals surface area contributed by atoms with E-state index in [1.54, 1.807) is 5.38 Å². The minimum atomic E-state index is -4.44. The quantitative estimate of drug-likeness (QED) is 0.753. The van der Waals surface area contributed by atoms with Crippen LogP contribution in [-0.2, 0) is 21.2 Å². The first-order chi connectivity index (χ1) is 11.6. The predicted octanol–water partition coefficient (Wildman–Crippen LogP) is 2.67. The lowest BCUT2D eigenvalue weighted by Crippen LogP contribution is -2.28. The molecule has 0 aliphatic carbocycles. The van der Waals surface area contributed by atoms with E-state index < -0.39 is 35.1 Å². The first kappa shape index (κ1) is 19.3. The van der Waals surface area contributed by atoms with Crippen LogP contribution in [0.4, 0.5) is 13.2 Å². The van der Waals surface area contributed by atoms with Gasteiger partial charge in [0.15, 0.2) is 0 Å². The van der Waals surface area contributed by atoms with Crippen LogP contribution in [0.5, 0.6) is 0 Å². The van der Waals surface area contributed by atoms with Crippen LogP contribution in [0.1, 0.15) is 11.4 Å². The Hall–Kier alpha value is -1.98. The molecule has 2 N–H and O–H groups in total. The molecule has 0 spiro atoms. The second-order valence-electron chi connectivity index (χ2n) is 4.98. The molecule has 0 aliphatic rings. The molecule has 2 rings (SSSR count). The van der Waals surface area contributed by atoms with Gasteiger partial charge in [0.05, 0.1) is 23.4 Å². The fourth-order valence-electron chi connectivity index (χ4n) is 1.87. The number of sulfonamides is 1. The van der Waals surface area contributed by atoms with Crippen LogP contribution >= 0.6 is 11.3 Å². The molecule has 0 atom stereocenters. The van der Waals surface area contributed by atoms with Crippen molar-refractivity contribution in [1.29, 1.82) is 0 Å². The Bertz CT molecular complexity index is 846. The maximum atomic E-state index is 12.1. The zero-order chi connectivity index (χ0) is 18.7. The van der Waals surface area contributed by atoms with Gasteiger partial charge in [0, 0.05) is 17.5 Å². The first-order valence-corrected chi connectivity index (χ1v) is 9.26. The third kappa shape index (κ3) is 5.80. The number of thiazole rings is 1. The molecule has 11 heteroatoms. The smallest absolute Gasteiger partial charge is 0.390 e. The molecule has 6 nitrogen and oxygen atoms in total. The second-order valence-corrected chi connectivity index (χ2v) is 7.69. The van der Waals surface area contributed by atoms with Gasteiger partial charge in [-0.05, 0) is 12.1 Å². The summed E-state index contributed by atoms with van der Waals surface area (Å²) in [5.41, 5.74) is 1.07. The third-order valence-electron chi connectivity index (χ3n) is 3.02. The maximum Gasteiger partial charge on any atom is 0.390 e. The molecular formula is C14H13F3N2O4S2. The minimum absolute atomic E-state index is 0.167. The average molecular weight is 394 g/mol. The number of aliphatic carboxylic acids is 1. The molecule has 0 bridgehead atoms. The van der Waals surface area contributed by atoms with Crippen LogP contribution in [0.25, 0.3) is 11.3 Å². The molecule has 1 heterocycles. The van der Waals surface area contributed by atoms with Crippen LogP contribution in [0.15, 0.2) is 34.5 Å². The maximum absolute atomic E-state index is 12.1. The van der Waals surface area contributed by atoms with Gasteiger partial charge in [-0.3, -0.25) is 4.79 Å². The molecule has 0 saturated heterocycles. The van der Waals surface area contributed by atoms with Gasteiger partial charge >= 0.3 is 12.1 Å². The van der Waals surface area contributed by atoms with Crippen molar-refractivity contribution < 1.29 is 31.5 Å². The van der Waals surface area contributed by atoms with Gasteiger partial charge in [-0.1, -0.05) is 12.1 Å². The van der Waals surface area contributed by atoms with Gasteiger partial charge in [-0.15, -0.1) is 11.3 Å². The molecule has 136 valence electrons. The zero-order valence-electron chi connectivity index (χ0n) is 12.6. The van der Waals surface area contributed by atoms with Crippen LogP contribution < -0.4 is 4.72 Å². The van der Waals surface area contributed by atoms with Crippen molar-refractivity contribution >= 4 is 27.3 Å². The van der Waals surface area contributed by atoms with Crippen molar-refractivity contribution in [1.82, 2.24) is 9.71 Å². The lowest BCUT2D eigenvalue weighted by atomic mass is 10.2. The van der Waals surface area contributed by atoms with Gasteiger partial charge in [-0.25, -0.2) is 18.1 Å². The summed E-state index contributed by atoms with van der Waals surface area (Å²) in [5, 5.41) is 10.8. The topological polar surface area (TPSA) is 96.4 Å². The SMILES string of the molecule is O=C(O)Cc1nc(-c2ccc(S(=O)(=O)NCCC(F)(F)F)cc2)cs1. The van der Waals surface area contributed by atoms with E-state index >= 15 is 0 Å². The Labute approximate surface area is 145 Å². The van der Waals surface area contributed by atoms with Gasteiger partial charge < -0.3 is 5.11 Å². The van der Waals surface area contributed by atoms with E-state index in [9.17, 15) is 26.4 Å². The third-order valence-corrected chi connectivity index (χ3v) is 5.34. The molecule has 25 heavy (non-hydrogen) atoms. The van der Waals surface area contributed by atoms with E-state index in [1.165, 1.54) is 35.6 Å². The van der Waals surface area contributed by atoms with E-state index in [1.807, 2.05) is 4.72 Å². The minimum Gasteiger partial charge on any atom is -0.481 e. The van der Waals surface area contributed by atoms with Gasteiger partial charge in [0.1, 0.15) is 5.01 Å². The highest BCUT2D eigenvalue weighted by molar-refractivity contribution is 7.89. The summed E-state index contributed by atoms with van der Waals surface area (Å²) >= 11 is 1.17. The van der Waals surface area contributed by atoms with Crippen molar-refractivity contribution in [2.45, 2.75) is 23.9 Å². The predicted molar refractivity (Wildman–Crippen MR) is 84.8 cm³/mol. The molecule has 0 aliphatic heterocycles. The Morgan fingerprint density at radius 1 is 1.24 bits per heavy atom. The second kappa shape index (κ2) is 7.50. The number of carboxylic acid groups (broad SMARTS) is 1. The van der Waals surface area contributed by atoms with Crippen molar-refractivity contribution in [2.75, 3.05) is 6.54 Å². The van der Waals surface area contributed by atoms with Crippen molar-refractivity contribution in [3.63, 3.8) is 0 Å². The van der Waals surface area contributed by atoms with Gasteiger partial charge in [0.25, 0.3) is 0 Å². The fraction of sp³-hybridized carbons (Fsp3) is 0.286. The number of carboxylic acids is 1. The lowest BCUT2D eigenvalue weighted by molar-refractivity contribution is -0.136. The van der Waals surface area contributed by atoms with E-state index in [-0.39, 0.29) is 11.3 Å². The monoisotopic (exact) mass is 394 g/mol. The number of nitrogens with zero attached hydrogens (tertiary/aromatic N) is 1. The Balaban J connectivity index is 2.08. The van der Waals surface area contributed by atoms with E-state index in [2.05, 4.69) is 4.98 Å². The highest BCUT2D eigenvalue weighted by Crippen LogP contribution is 2.24. The van der Waals surface area contributed by atoms with Crippen LogP contribution in [0.3, 0.4) is 0 Å². The normalized spacial score (nSPS) is 12.3. The fourth-order valence-corrected chi connectivity index (χ4v) is 3.70. The van der Waals surface area contributed by atoms with Gasteiger partial charge in [-0.2, -0.15) is 13.2 Å². The van der Waals surface area contributed by atoms with E-state index in [0.717, 1.165) is 0 Å². The van der Waals surface area contributed by atoms with E-state index in [4.69, 9.17) is 5.11 Å². The summed E-state index contributed by atoms with van der Waals surface area (Å²) in [7, 11) is -4.04. The number of hydrogen-bond donors (Lipinski definition) is 2. The summed E-state index contributed by atoms with van der Waals surface area (Å²) in [5.74, 6) is -1.01. The molecule has 0 fully saturated rings. The van der Waals surface area contributed by atoms with Gasteiger partial charge in [0.2, 0.25) is 10.0 Å². The standard InChI is InChI=1S/C14H13F3N2O4S2/c15-14(16,17)5-6-18-25(22,23)10-3-1-9(2-4-10)11-8-24-12(19-11)7-13(20)21/h1-4,8,18H,5-7H2,(H,20,21). The van der Waals surface area contributed by atoms with Crippen molar-refractivity contribution in [2.24, 2.45) is 0 Å². The Kier molecular flexibility index (Phi) is 5.80. The molecule has 0 unspecified atom stereocenters. The highest BCUT2D eigenvalue weighted by Gasteiger charge is 2.27. The largest absolute Gasteiger partial charge is 0.481 e. The number of rotatable bonds is 7. The molecule has 1 aromatic carbocycles. The first-order valence-electron chi connectivity index (χ1n) is 6.90. The summed E-state index contributed by atoms with van der Waals surface area (Å²) in [4.78, 5) is 14.6. The molecule has 2 aromatic rings. The number of carbonyl (C=O) groups is 1. The van der Waals surface area contributed by atoms with Crippen LogP contribution in [0.2, 0.25) is 0 Å². The number of benzene rings is 1. The number of aromatic nitrogens is 1. The number of halogens is 3. The summed E-state index contributed by atoms with van der Waals surface area (Å²) in [6.07, 6.45) is -5.90. The van der Waals surface area contributed by atoms with Crippen molar-refractivity contribution in [3.05, 3.63) is 34.7 Å². The molecule has 0 saturated carbocycles. The summed E-state index contributed by atoms with van der Waals surface area (Å²) in [6, 6.07) is 5.42. The number of alkyl halides is 3. The molecule has 0 radical (unpaired) electrons. The van der Waals surface area contributed by atoms with Crippen molar-refractivity contribution in [3.8, 4) is 11.3 Å². The zero-order valence-corrected chi connectivity index (χ0v) is 14.2. The molecule has 1 aromatic heterocycles.